The van der Waals surface area contributed by atoms with E-state index < -0.39 is 0 Å². The molecule has 0 saturated heterocycles. The number of hydrogen-bond donors (Lipinski definition) is 1. The molecule has 0 atom stereocenters. The van der Waals surface area contributed by atoms with Gasteiger partial charge in [-0.2, -0.15) is 0 Å². The highest BCUT2D eigenvalue weighted by atomic mass is 16.5. The zero-order valence-electron chi connectivity index (χ0n) is 13.9. The highest BCUT2D eigenvalue weighted by Gasteiger charge is 2.36. The molecule has 1 aromatic heterocycles. The standard InChI is InChI=1S/C17H26N2O3/c1-12(2)14-8-7-13(16(21)19(14)3)15(20)18-17(11-22-4)9-5-6-10-17/h7-8,12H,5-6,9-11H2,1-4H3,(H,18,20). The van der Waals surface area contributed by atoms with Crippen LogP contribution in [-0.4, -0.2) is 29.7 Å². The quantitative estimate of drug-likeness (QED) is 0.907. The van der Waals surface area contributed by atoms with E-state index in [-0.39, 0.29) is 28.5 Å². The van der Waals surface area contributed by atoms with Gasteiger partial charge < -0.3 is 14.6 Å². The van der Waals surface area contributed by atoms with Gasteiger partial charge in [-0.1, -0.05) is 26.7 Å². The molecule has 22 heavy (non-hydrogen) atoms. The molecule has 5 heteroatoms. The minimum absolute atomic E-state index is 0.203. The maximum absolute atomic E-state index is 12.6. The van der Waals surface area contributed by atoms with E-state index in [2.05, 4.69) is 5.32 Å². The van der Waals surface area contributed by atoms with E-state index in [0.29, 0.717) is 6.61 Å². The molecule has 1 N–H and O–H groups in total. The number of rotatable bonds is 5. The second-order valence-electron chi connectivity index (χ2n) is 6.57. The van der Waals surface area contributed by atoms with E-state index >= 15 is 0 Å². The molecule has 2 rings (SSSR count). The lowest BCUT2D eigenvalue weighted by Gasteiger charge is -2.29. The van der Waals surface area contributed by atoms with Crippen LogP contribution < -0.4 is 10.9 Å². The highest BCUT2D eigenvalue weighted by molar-refractivity contribution is 5.94. The van der Waals surface area contributed by atoms with Crippen LogP contribution in [0.2, 0.25) is 0 Å². The number of nitrogens with zero attached hydrogens (tertiary/aromatic N) is 1. The average molecular weight is 306 g/mol. The number of ether oxygens (including phenoxy) is 1. The zero-order chi connectivity index (χ0) is 16.3. The van der Waals surface area contributed by atoms with Gasteiger partial charge in [0.2, 0.25) is 0 Å². The largest absolute Gasteiger partial charge is 0.382 e. The van der Waals surface area contributed by atoms with Crippen molar-refractivity contribution in [2.45, 2.75) is 51.0 Å². The Balaban J connectivity index is 2.26. The molecule has 1 fully saturated rings. The molecule has 5 nitrogen and oxygen atoms in total. The lowest BCUT2D eigenvalue weighted by Crippen LogP contribution is -2.51. The van der Waals surface area contributed by atoms with Gasteiger partial charge in [-0.25, -0.2) is 0 Å². The van der Waals surface area contributed by atoms with Gasteiger partial charge in [-0.05, 0) is 30.9 Å². The van der Waals surface area contributed by atoms with Crippen LogP contribution in [0.5, 0.6) is 0 Å². The van der Waals surface area contributed by atoms with Crippen LogP contribution in [0.3, 0.4) is 0 Å². The van der Waals surface area contributed by atoms with E-state index in [4.69, 9.17) is 4.74 Å². The fourth-order valence-electron chi connectivity index (χ4n) is 3.34. The van der Waals surface area contributed by atoms with E-state index in [1.165, 1.54) is 0 Å². The molecule has 1 aliphatic rings. The van der Waals surface area contributed by atoms with Gasteiger partial charge in [-0.15, -0.1) is 0 Å². The molecule has 0 bridgehead atoms. The van der Waals surface area contributed by atoms with Crippen molar-refractivity contribution >= 4 is 5.91 Å². The Morgan fingerprint density at radius 3 is 2.55 bits per heavy atom. The van der Waals surface area contributed by atoms with Crippen molar-refractivity contribution in [1.29, 1.82) is 0 Å². The van der Waals surface area contributed by atoms with Crippen LogP contribution in [-0.2, 0) is 11.8 Å². The van der Waals surface area contributed by atoms with Gasteiger partial charge in [-0.3, -0.25) is 9.59 Å². The number of nitrogens with one attached hydrogen (secondary N) is 1. The molecule has 0 aromatic carbocycles. The predicted molar refractivity (Wildman–Crippen MR) is 86.3 cm³/mol. The van der Waals surface area contributed by atoms with E-state index in [0.717, 1.165) is 31.4 Å². The van der Waals surface area contributed by atoms with Crippen molar-refractivity contribution in [3.8, 4) is 0 Å². The van der Waals surface area contributed by atoms with Crippen molar-refractivity contribution in [2.24, 2.45) is 7.05 Å². The van der Waals surface area contributed by atoms with Crippen LogP contribution in [0.1, 0.15) is 61.5 Å². The lowest BCUT2D eigenvalue weighted by molar-refractivity contribution is 0.0765. The summed E-state index contributed by atoms with van der Waals surface area (Å²) in [5.41, 5.74) is 0.561. The van der Waals surface area contributed by atoms with Crippen LogP contribution in [0.25, 0.3) is 0 Å². The molecule has 0 radical (unpaired) electrons. The second-order valence-corrected chi connectivity index (χ2v) is 6.57. The number of methoxy groups -OCH3 is 1. The summed E-state index contributed by atoms with van der Waals surface area (Å²) in [5.74, 6) is -0.0562. The van der Waals surface area contributed by atoms with Crippen molar-refractivity contribution in [1.82, 2.24) is 9.88 Å². The monoisotopic (exact) mass is 306 g/mol. The highest BCUT2D eigenvalue weighted by Crippen LogP contribution is 2.30. The second kappa shape index (κ2) is 6.65. The summed E-state index contributed by atoms with van der Waals surface area (Å²) >= 11 is 0. The number of pyridine rings is 1. The predicted octanol–water partition coefficient (Wildman–Crippen LogP) is 2.20. The summed E-state index contributed by atoms with van der Waals surface area (Å²) in [6, 6.07) is 3.50. The molecule has 1 saturated carbocycles. The fourth-order valence-corrected chi connectivity index (χ4v) is 3.34. The molecular weight excluding hydrogens is 280 g/mol. The Morgan fingerprint density at radius 2 is 2.00 bits per heavy atom. The fraction of sp³-hybridized carbons (Fsp3) is 0.647. The summed E-state index contributed by atoms with van der Waals surface area (Å²) in [6.07, 6.45) is 3.95. The Labute approximate surface area is 131 Å². The first-order valence-corrected chi connectivity index (χ1v) is 7.91. The summed E-state index contributed by atoms with van der Waals surface area (Å²) < 4.78 is 6.84. The molecule has 0 unspecified atom stereocenters. The van der Waals surface area contributed by atoms with Gasteiger partial charge in [0.15, 0.2) is 0 Å². The number of carbonyl (C=O) groups is 1. The molecule has 0 aliphatic heterocycles. The lowest BCUT2D eigenvalue weighted by atomic mass is 9.98. The summed E-state index contributed by atoms with van der Waals surface area (Å²) in [5, 5.41) is 3.05. The first-order valence-electron chi connectivity index (χ1n) is 7.91. The molecule has 1 aliphatic carbocycles. The SMILES string of the molecule is COCC1(NC(=O)c2ccc(C(C)C)n(C)c2=O)CCCC1. The first-order chi connectivity index (χ1) is 10.4. The summed E-state index contributed by atoms with van der Waals surface area (Å²) in [7, 11) is 3.36. The van der Waals surface area contributed by atoms with Crippen molar-refractivity contribution < 1.29 is 9.53 Å². The molecular formula is C17H26N2O3. The Kier molecular flexibility index (Phi) is 5.06. The minimum atomic E-state index is -0.326. The van der Waals surface area contributed by atoms with Gasteiger partial charge >= 0.3 is 0 Å². The maximum atomic E-state index is 12.6. The normalized spacial score (nSPS) is 17.0. The smallest absolute Gasteiger partial charge is 0.263 e. The van der Waals surface area contributed by atoms with Gasteiger partial charge in [0.05, 0.1) is 12.1 Å². The van der Waals surface area contributed by atoms with Crippen molar-refractivity contribution in [3.63, 3.8) is 0 Å². The zero-order valence-corrected chi connectivity index (χ0v) is 13.9. The number of hydrogen-bond acceptors (Lipinski definition) is 3. The Bertz CT molecular complexity index is 598. The van der Waals surface area contributed by atoms with Crippen LogP contribution >= 0.6 is 0 Å². The van der Waals surface area contributed by atoms with E-state index in [9.17, 15) is 9.59 Å². The maximum Gasteiger partial charge on any atom is 0.263 e. The molecule has 1 heterocycles. The third-order valence-corrected chi connectivity index (χ3v) is 4.54. The third kappa shape index (κ3) is 3.24. The Hall–Kier alpha value is -1.62. The van der Waals surface area contributed by atoms with Gasteiger partial charge in [0.1, 0.15) is 5.56 Å². The van der Waals surface area contributed by atoms with Crippen molar-refractivity contribution in [2.75, 3.05) is 13.7 Å². The van der Waals surface area contributed by atoms with Crippen LogP contribution in [0, 0.1) is 0 Å². The van der Waals surface area contributed by atoms with Crippen LogP contribution in [0.15, 0.2) is 16.9 Å². The minimum Gasteiger partial charge on any atom is -0.382 e. The third-order valence-electron chi connectivity index (χ3n) is 4.54. The topological polar surface area (TPSA) is 60.3 Å². The molecule has 122 valence electrons. The average Bonchev–Trinajstić information content (AvgIpc) is 2.89. The van der Waals surface area contributed by atoms with Gasteiger partial charge in [0.25, 0.3) is 11.5 Å². The van der Waals surface area contributed by atoms with Crippen LogP contribution in [0.4, 0.5) is 0 Å². The number of carbonyl (C=O) groups excluding carboxylic acids is 1. The van der Waals surface area contributed by atoms with E-state index in [1.807, 2.05) is 19.9 Å². The summed E-state index contributed by atoms with van der Waals surface area (Å²) in [6.45, 7) is 4.55. The molecule has 1 aromatic rings. The number of amides is 1. The summed E-state index contributed by atoms with van der Waals surface area (Å²) in [4.78, 5) is 25.0. The molecule has 0 spiro atoms. The van der Waals surface area contributed by atoms with Gasteiger partial charge in [0, 0.05) is 19.9 Å². The first kappa shape index (κ1) is 16.7. The van der Waals surface area contributed by atoms with Crippen molar-refractivity contribution in [3.05, 3.63) is 33.7 Å². The van der Waals surface area contributed by atoms with E-state index in [1.54, 1.807) is 24.8 Å². The Morgan fingerprint density at radius 1 is 1.36 bits per heavy atom. The molecule has 1 amide bonds. The number of aromatic nitrogens is 1.